The zero-order valence-electron chi connectivity index (χ0n) is 17.8. The number of nitrogens with one attached hydrogen (secondary N) is 2. The largest absolute Gasteiger partial charge is 0.494 e. The van der Waals surface area contributed by atoms with Crippen LogP contribution in [0.1, 0.15) is 28.4 Å². The molecule has 6 heteroatoms. The fourth-order valence-electron chi connectivity index (χ4n) is 3.34. The van der Waals surface area contributed by atoms with Gasteiger partial charge in [0.1, 0.15) is 5.75 Å². The lowest BCUT2D eigenvalue weighted by Crippen LogP contribution is -2.26. The summed E-state index contributed by atoms with van der Waals surface area (Å²) in [5, 5.41) is 5.85. The summed E-state index contributed by atoms with van der Waals surface area (Å²) in [6, 6.07) is 23.0. The van der Waals surface area contributed by atoms with E-state index in [0.717, 1.165) is 28.2 Å². The van der Waals surface area contributed by atoms with E-state index in [9.17, 15) is 9.59 Å². The second-order valence-corrected chi connectivity index (χ2v) is 8.35. The Hall–Kier alpha value is -3.51. The molecule has 0 atom stereocenters. The Balaban J connectivity index is 1.36. The number of anilines is 1. The number of fused-ring (bicyclic) bond motifs is 1. The molecule has 162 valence electrons. The Morgan fingerprint density at radius 2 is 1.84 bits per heavy atom. The van der Waals surface area contributed by atoms with Crippen LogP contribution in [0.3, 0.4) is 0 Å². The van der Waals surface area contributed by atoms with Gasteiger partial charge in [-0.2, -0.15) is 0 Å². The van der Waals surface area contributed by atoms with Crippen molar-refractivity contribution in [2.45, 2.75) is 18.2 Å². The first-order valence-corrected chi connectivity index (χ1v) is 11.3. The number of ether oxygens (including phenoxy) is 1. The SMILES string of the molecule is CCOc1ccc(CCNC(=O)c2ccc3c(c2)NC(=O)C(=Cc2ccccc2)S3)cc1. The Kier molecular flexibility index (Phi) is 6.92. The lowest BCUT2D eigenvalue weighted by atomic mass is 10.1. The Morgan fingerprint density at radius 1 is 1.06 bits per heavy atom. The summed E-state index contributed by atoms with van der Waals surface area (Å²) in [5.41, 5.74) is 3.27. The van der Waals surface area contributed by atoms with E-state index in [2.05, 4.69) is 10.6 Å². The first-order chi connectivity index (χ1) is 15.6. The van der Waals surface area contributed by atoms with Crippen molar-refractivity contribution >= 4 is 35.3 Å². The number of carbonyl (C=O) groups excluding carboxylic acids is 2. The molecule has 32 heavy (non-hydrogen) atoms. The summed E-state index contributed by atoms with van der Waals surface area (Å²) >= 11 is 1.41. The van der Waals surface area contributed by atoms with Gasteiger partial charge in [-0.25, -0.2) is 0 Å². The van der Waals surface area contributed by atoms with Gasteiger partial charge in [-0.1, -0.05) is 54.2 Å². The smallest absolute Gasteiger partial charge is 0.262 e. The van der Waals surface area contributed by atoms with Gasteiger partial charge >= 0.3 is 0 Å². The maximum atomic E-state index is 12.6. The highest BCUT2D eigenvalue weighted by atomic mass is 32.2. The van der Waals surface area contributed by atoms with Crippen molar-refractivity contribution < 1.29 is 14.3 Å². The molecule has 0 unspecified atom stereocenters. The molecule has 0 aromatic heterocycles. The molecule has 1 heterocycles. The summed E-state index contributed by atoms with van der Waals surface area (Å²) in [4.78, 5) is 26.6. The minimum Gasteiger partial charge on any atom is -0.494 e. The summed E-state index contributed by atoms with van der Waals surface area (Å²) < 4.78 is 5.45. The van der Waals surface area contributed by atoms with E-state index in [0.29, 0.717) is 29.3 Å². The van der Waals surface area contributed by atoms with Crippen molar-refractivity contribution in [1.82, 2.24) is 5.32 Å². The van der Waals surface area contributed by atoms with Crippen molar-refractivity contribution in [1.29, 1.82) is 0 Å². The Bertz CT molecular complexity index is 1140. The fourth-order valence-corrected chi connectivity index (χ4v) is 4.28. The van der Waals surface area contributed by atoms with E-state index in [4.69, 9.17) is 4.74 Å². The summed E-state index contributed by atoms with van der Waals surface area (Å²) in [7, 11) is 0. The minimum absolute atomic E-state index is 0.163. The second kappa shape index (κ2) is 10.2. The highest BCUT2D eigenvalue weighted by Crippen LogP contribution is 2.39. The van der Waals surface area contributed by atoms with E-state index < -0.39 is 0 Å². The lowest BCUT2D eigenvalue weighted by molar-refractivity contribution is -0.112. The molecule has 1 aliphatic heterocycles. The molecule has 3 aromatic rings. The van der Waals surface area contributed by atoms with Crippen LogP contribution in [0, 0.1) is 0 Å². The molecule has 0 radical (unpaired) electrons. The first kappa shape index (κ1) is 21.7. The molecule has 1 aliphatic rings. The van der Waals surface area contributed by atoms with E-state index in [-0.39, 0.29) is 11.8 Å². The number of thioether (sulfide) groups is 1. The average molecular weight is 445 g/mol. The lowest BCUT2D eigenvalue weighted by Gasteiger charge is -2.19. The van der Waals surface area contributed by atoms with Gasteiger partial charge in [0.25, 0.3) is 11.8 Å². The summed E-state index contributed by atoms with van der Waals surface area (Å²) in [6.07, 6.45) is 2.59. The van der Waals surface area contributed by atoms with Gasteiger partial charge in [0.2, 0.25) is 0 Å². The van der Waals surface area contributed by atoms with Gasteiger partial charge in [-0.05, 0) is 60.9 Å². The zero-order valence-corrected chi connectivity index (χ0v) is 18.6. The second-order valence-electron chi connectivity index (χ2n) is 7.27. The predicted octanol–water partition coefficient (Wildman–Crippen LogP) is 5.14. The predicted molar refractivity (Wildman–Crippen MR) is 129 cm³/mol. The summed E-state index contributed by atoms with van der Waals surface area (Å²) in [5.74, 6) is 0.513. The summed E-state index contributed by atoms with van der Waals surface area (Å²) in [6.45, 7) is 3.11. The molecule has 5 nitrogen and oxygen atoms in total. The van der Waals surface area contributed by atoms with Crippen molar-refractivity contribution in [2.75, 3.05) is 18.5 Å². The van der Waals surface area contributed by atoms with E-state index in [1.807, 2.05) is 73.7 Å². The monoisotopic (exact) mass is 444 g/mol. The number of rotatable bonds is 7. The van der Waals surface area contributed by atoms with Crippen LogP contribution in [-0.2, 0) is 11.2 Å². The van der Waals surface area contributed by atoms with Crippen LogP contribution in [0.25, 0.3) is 6.08 Å². The van der Waals surface area contributed by atoms with Gasteiger partial charge in [0.15, 0.2) is 0 Å². The highest BCUT2D eigenvalue weighted by Gasteiger charge is 2.22. The van der Waals surface area contributed by atoms with Crippen LogP contribution in [0.15, 0.2) is 82.6 Å². The molecule has 3 aromatic carbocycles. The third-order valence-electron chi connectivity index (χ3n) is 4.96. The first-order valence-electron chi connectivity index (χ1n) is 10.5. The molecule has 0 fully saturated rings. The molecule has 0 saturated heterocycles. The number of hydrogen-bond donors (Lipinski definition) is 2. The van der Waals surface area contributed by atoms with Gasteiger partial charge in [-0.3, -0.25) is 9.59 Å². The normalized spacial score (nSPS) is 13.9. The van der Waals surface area contributed by atoms with Crippen molar-refractivity contribution in [3.05, 3.63) is 94.4 Å². The number of hydrogen-bond acceptors (Lipinski definition) is 4. The van der Waals surface area contributed by atoms with Crippen LogP contribution in [0.5, 0.6) is 5.75 Å². The van der Waals surface area contributed by atoms with E-state index in [1.165, 1.54) is 11.8 Å². The Labute approximate surface area is 191 Å². The van der Waals surface area contributed by atoms with Gasteiger partial charge < -0.3 is 15.4 Å². The standard InChI is InChI=1S/C26H24N2O3S/c1-2-31-21-11-8-18(9-12-21)14-15-27-25(29)20-10-13-23-22(17-20)28-26(30)24(32-23)16-19-6-4-3-5-7-19/h3-13,16-17H,2,14-15H2,1H3,(H,27,29)(H,28,30). The molecular formula is C26H24N2O3S. The molecule has 0 saturated carbocycles. The van der Waals surface area contributed by atoms with Crippen LogP contribution in [0.2, 0.25) is 0 Å². The van der Waals surface area contributed by atoms with E-state index >= 15 is 0 Å². The quantitative estimate of drug-likeness (QED) is 0.495. The van der Waals surface area contributed by atoms with Gasteiger partial charge in [0, 0.05) is 17.0 Å². The third-order valence-corrected chi connectivity index (χ3v) is 6.06. The topological polar surface area (TPSA) is 67.4 Å². The average Bonchev–Trinajstić information content (AvgIpc) is 2.81. The molecule has 4 rings (SSSR count). The number of benzene rings is 3. The van der Waals surface area contributed by atoms with Crippen molar-refractivity contribution in [3.63, 3.8) is 0 Å². The Morgan fingerprint density at radius 3 is 2.59 bits per heavy atom. The van der Waals surface area contributed by atoms with Crippen LogP contribution < -0.4 is 15.4 Å². The zero-order chi connectivity index (χ0) is 22.3. The number of carbonyl (C=O) groups is 2. The third kappa shape index (κ3) is 5.39. The number of amides is 2. The highest BCUT2D eigenvalue weighted by molar-refractivity contribution is 8.04. The van der Waals surface area contributed by atoms with E-state index in [1.54, 1.807) is 12.1 Å². The van der Waals surface area contributed by atoms with Crippen LogP contribution in [0.4, 0.5) is 5.69 Å². The molecule has 0 spiro atoms. The van der Waals surface area contributed by atoms with Crippen molar-refractivity contribution in [2.24, 2.45) is 0 Å². The molecule has 2 amide bonds. The van der Waals surface area contributed by atoms with Gasteiger partial charge in [-0.15, -0.1) is 0 Å². The fraction of sp³-hybridized carbons (Fsp3) is 0.154. The van der Waals surface area contributed by atoms with Crippen LogP contribution >= 0.6 is 11.8 Å². The van der Waals surface area contributed by atoms with Crippen molar-refractivity contribution in [3.8, 4) is 5.75 Å². The molecular weight excluding hydrogens is 420 g/mol. The van der Waals surface area contributed by atoms with Gasteiger partial charge in [0.05, 0.1) is 17.2 Å². The maximum absolute atomic E-state index is 12.6. The molecule has 2 N–H and O–H groups in total. The molecule has 0 bridgehead atoms. The van der Waals surface area contributed by atoms with Crippen LogP contribution in [-0.4, -0.2) is 25.0 Å². The minimum atomic E-state index is -0.167. The maximum Gasteiger partial charge on any atom is 0.262 e. The molecule has 0 aliphatic carbocycles.